The molecule has 5 heteroatoms. The van der Waals surface area contributed by atoms with E-state index in [1.807, 2.05) is 6.92 Å². The second kappa shape index (κ2) is 6.48. The molecular weight excluding hydrogens is 239 g/mol. The monoisotopic (exact) mass is 254 g/mol. The van der Waals surface area contributed by atoms with Crippen LogP contribution in [0, 0.1) is 17.1 Å². The highest BCUT2D eigenvalue weighted by atomic mass is 32.2. The topological polar surface area (TPSA) is 66.9 Å². The van der Waals surface area contributed by atoms with Crippen molar-refractivity contribution in [3.63, 3.8) is 0 Å². The molecule has 2 N–H and O–H groups in total. The van der Waals surface area contributed by atoms with Gasteiger partial charge in [-0.3, -0.25) is 4.21 Å². The lowest BCUT2D eigenvalue weighted by atomic mass is 10.1. The van der Waals surface area contributed by atoms with Gasteiger partial charge in [0.2, 0.25) is 0 Å². The van der Waals surface area contributed by atoms with E-state index in [4.69, 9.17) is 11.0 Å². The maximum Gasteiger partial charge on any atom is 0.140 e. The molecule has 0 aliphatic heterocycles. The maximum absolute atomic E-state index is 13.0. The Morgan fingerprint density at radius 2 is 2.29 bits per heavy atom. The predicted octanol–water partition coefficient (Wildman–Crippen LogP) is 1.68. The van der Waals surface area contributed by atoms with Crippen LogP contribution in [0.15, 0.2) is 18.2 Å². The van der Waals surface area contributed by atoms with Crippen LogP contribution in [-0.2, 0) is 16.6 Å². The van der Waals surface area contributed by atoms with Crippen molar-refractivity contribution in [3.8, 4) is 6.07 Å². The molecule has 2 atom stereocenters. The number of hydrogen-bond donors (Lipinski definition) is 1. The lowest BCUT2D eigenvalue weighted by molar-refractivity contribution is 0.623. The van der Waals surface area contributed by atoms with E-state index in [1.54, 1.807) is 12.1 Å². The van der Waals surface area contributed by atoms with Gasteiger partial charge in [0.05, 0.1) is 5.56 Å². The van der Waals surface area contributed by atoms with Crippen molar-refractivity contribution in [2.45, 2.75) is 25.1 Å². The van der Waals surface area contributed by atoms with Crippen molar-refractivity contribution >= 4 is 10.8 Å². The molecule has 2 unspecified atom stereocenters. The predicted molar refractivity (Wildman–Crippen MR) is 66.1 cm³/mol. The highest BCUT2D eigenvalue weighted by Gasteiger charge is 2.07. The van der Waals surface area contributed by atoms with Gasteiger partial charge in [0.15, 0.2) is 0 Å². The molecule has 17 heavy (non-hydrogen) atoms. The van der Waals surface area contributed by atoms with E-state index >= 15 is 0 Å². The Hall–Kier alpha value is -1.25. The van der Waals surface area contributed by atoms with Gasteiger partial charge >= 0.3 is 0 Å². The highest BCUT2D eigenvalue weighted by Crippen LogP contribution is 2.11. The molecule has 0 heterocycles. The molecule has 92 valence electrons. The summed E-state index contributed by atoms with van der Waals surface area (Å²) in [5, 5.41) is 8.67. The lowest BCUT2D eigenvalue weighted by Crippen LogP contribution is -2.18. The van der Waals surface area contributed by atoms with Gasteiger partial charge in [-0.15, -0.1) is 0 Å². The Morgan fingerprint density at radius 3 is 2.88 bits per heavy atom. The average Bonchev–Trinajstić information content (AvgIpc) is 2.29. The van der Waals surface area contributed by atoms with Crippen molar-refractivity contribution in [1.29, 1.82) is 5.26 Å². The molecule has 0 saturated heterocycles. The van der Waals surface area contributed by atoms with E-state index in [0.717, 1.165) is 0 Å². The molecule has 0 aliphatic carbocycles. The van der Waals surface area contributed by atoms with Gasteiger partial charge in [0, 0.05) is 28.3 Å². The fourth-order valence-electron chi connectivity index (χ4n) is 1.32. The van der Waals surface area contributed by atoms with Crippen LogP contribution >= 0.6 is 0 Å². The van der Waals surface area contributed by atoms with E-state index in [-0.39, 0.29) is 11.6 Å². The van der Waals surface area contributed by atoms with Gasteiger partial charge in [0.1, 0.15) is 11.9 Å². The van der Waals surface area contributed by atoms with E-state index in [2.05, 4.69) is 0 Å². The Bertz CT molecular complexity index is 454. The Labute approximate surface area is 103 Å². The fraction of sp³-hybridized carbons (Fsp3) is 0.417. The van der Waals surface area contributed by atoms with Crippen LogP contribution in [0.25, 0.3) is 0 Å². The molecule has 1 aromatic carbocycles. The summed E-state index contributed by atoms with van der Waals surface area (Å²) in [6, 6.07) is 6.03. The number of nitrogens with zero attached hydrogens (tertiary/aromatic N) is 1. The largest absolute Gasteiger partial charge is 0.328 e. The zero-order chi connectivity index (χ0) is 12.8. The van der Waals surface area contributed by atoms with Crippen molar-refractivity contribution in [2.75, 3.05) is 5.75 Å². The zero-order valence-electron chi connectivity index (χ0n) is 9.65. The number of rotatable bonds is 5. The first-order chi connectivity index (χ1) is 8.02. The number of hydrogen-bond acceptors (Lipinski definition) is 3. The van der Waals surface area contributed by atoms with Crippen molar-refractivity contribution < 1.29 is 8.60 Å². The zero-order valence-corrected chi connectivity index (χ0v) is 10.5. The van der Waals surface area contributed by atoms with Crippen LogP contribution in [0.5, 0.6) is 0 Å². The van der Waals surface area contributed by atoms with Gasteiger partial charge in [0.25, 0.3) is 0 Å². The summed E-state index contributed by atoms with van der Waals surface area (Å²) >= 11 is 0. The van der Waals surface area contributed by atoms with Gasteiger partial charge in [-0.2, -0.15) is 5.26 Å². The lowest BCUT2D eigenvalue weighted by Gasteiger charge is -2.05. The Kier molecular flexibility index (Phi) is 5.26. The second-order valence-electron chi connectivity index (χ2n) is 3.98. The van der Waals surface area contributed by atoms with Crippen LogP contribution in [-0.4, -0.2) is 16.0 Å². The van der Waals surface area contributed by atoms with Crippen LogP contribution in [0.4, 0.5) is 4.39 Å². The van der Waals surface area contributed by atoms with Gasteiger partial charge in [-0.25, -0.2) is 4.39 Å². The van der Waals surface area contributed by atoms with Crippen molar-refractivity contribution in [2.24, 2.45) is 5.73 Å². The van der Waals surface area contributed by atoms with E-state index in [0.29, 0.717) is 23.5 Å². The molecular formula is C12H15FN2OS. The minimum absolute atomic E-state index is 0.00769. The first-order valence-electron chi connectivity index (χ1n) is 5.32. The summed E-state index contributed by atoms with van der Waals surface area (Å²) in [6.07, 6.45) is 0.693. The maximum atomic E-state index is 13.0. The van der Waals surface area contributed by atoms with E-state index in [1.165, 1.54) is 12.1 Å². The summed E-state index contributed by atoms with van der Waals surface area (Å²) in [5.41, 5.74) is 6.28. The van der Waals surface area contributed by atoms with Crippen LogP contribution in [0.1, 0.15) is 24.5 Å². The third-order valence-electron chi connectivity index (χ3n) is 2.28. The summed E-state index contributed by atoms with van der Waals surface area (Å²) in [5.74, 6) is 0.316. The molecule has 0 fully saturated rings. The summed E-state index contributed by atoms with van der Waals surface area (Å²) in [7, 11) is -1.02. The fourth-order valence-corrected chi connectivity index (χ4v) is 2.65. The van der Waals surface area contributed by atoms with Crippen LogP contribution in [0.3, 0.4) is 0 Å². The molecule has 0 aliphatic rings. The number of benzene rings is 1. The normalized spacial score (nSPS) is 14.0. The molecule has 1 rings (SSSR count). The number of halogens is 1. The third kappa shape index (κ3) is 4.63. The quantitative estimate of drug-likeness (QED) is 0.869. The summed E-state index contributed by atoms with van der Waals surface area (Å²) in [6.45, 7) is 1.86. The van der Waals surface area contributed by atoms with Gasteiger partial charge in [-0.05, 0) is 31.0 Å². The van der Waals surface area contributed by atoms with E-state index in [9.17, 15) is 8.60 Å². The first kappa shape index (κ1) is 13.8. The Morgan fingerprint density at radius 1 is 1.59 bits per heavy atom. The summed E-state index contributed by atoms with van der Waals surface area (Å²) < 4.78 is 24.7. The molecule has 0 bridgehead atoms. The smallest absolute Gasteiger partial charge is 0.140 e. The molecule has 0 saturated carbocycles. The van der Waals surface area contributed by atoms with Crippen LogP contribution in [0.2, 0.25) is 0 Å². The second-order valence-corrected chi connectivity index (χ2v) is 5.56. The Balaban J connectivity index is 2.63. The molecule has 0 aromatic heterocycles. The molecule has 0 spiro atoms. The standard InChI is InChI=1S/C12H15FN2OS/c1-9(15)4-5-17(16)8-10-2-3-12(13)11(6-10)7-14/h2-3,6,9H,4-5,8,15H2,1H3. The molecule has 0 amide bonds. The highest BCUT2D eigenvalue weighted by molar-refractivity contribution is 7.84. The van der Waals surface area contributed by atoms with E-state index < -0.39 is 16.6 Å². The number of nitrogens with two attached hydrogens (primary N) is 1. The third-order valence-corrected chi connectivity index (χ3v) is 3.63. The first-order valence-corrected chi connectivity index (χ1v) is 6.81. The van der Waals surface area contributed by atoms with Crippen molar-refractivity contribution in [1.82, 2.24) is 0 Å². The SMILES string of the molecule is CC(N)CCS(=O)Cc1ccc(F)c(C#N)c1. The van der Waals surface area contributed by atoms with Crippen LogP contribution < -0.4 is 5.73 Å². The summed E-state index contributed by atoms with van der Waals surface area (Å²) in [4.78, 5) is 0. The number of nitriles is 1. The molecule has 1 aromatic rings. The average molecular weight is 254 g/mol. The van der Waals surface area contributed by atoms with Gasteiger partial charge in [-0.1, -0.05) is 6.07 Å². The minimum Gasteiger partial charge on any atom is -0.328 e. The van der Waals surface area contributed by atoms with Gasteiger partial charge < -0.3 is 5.73 Å². The minimum atomic E-state index is -1.02. The molecule has 3 nitrogen and oxygen atoms in total. The van der Waals surface area contributed by atoms with Crippen molar-refractivity contribution in [3.05, 3.63) is 35.1 Å². The molecule has 0 radical (unpaired) electrons.